The molecule has 0 radical (unpaired) electrons. The number of hydrogen-bond donors (Lipinski definition) is 1. The quantitative estimate of drug-likeness (QED) is 0.644. The minimum Gasteiger partial charge on any atom is -0.536 e. The van der Waals surface area contributed by atoms with E-state index < -0.39 is 13.5 Å². The van der Waals surface area contributed by atoms with Crippen LogP contribution in [0.4, 0.5) is 4.39 Å². The molecule has 1 aromatic rings. The fraction of sp³-hybridized carbons (Fsp3) is 0. The van der Waals surface area contributed by atoms with Crippen LogP contribution in [-0.2, 0) is 0 Å². The summed E-state index contributed by atoms with van der Waals surface area (Å²) in [5.74, 6) is -0.759. The molecule has 0 aromatic heterocycles. The summed E-state index contributed by atoms with van der Waals surface area (Å²) < 4.78 is 17.9. The average molecular weight is 253 g/mol. The summed E-state index contributed by atoms with van der Waals surface area (Å²) in [5, 5.41) is 8.53. The van der Waals surface area contributed by atoms with Gasteiger partial charge in [0.2, 0.25) is 0 Å². The first-order valence-electron chi connectivity index (χ1n) is 3.04. The Balaban J connectivity index is 3.14. The third-order valence-electron chi connectivity index (χ3n) is 1.21. The first-order valence-corrected chi connectivity index (χ1v) is 4.21. The average Bonchev–Trinajstić information content (AvgIpc) is 2.06. The lowest BCUT2D eigenvalue weighted by Gasteiger charge is -2.06. The molecule has 64 valence electrons. The van der Waals surface area contributed by atoms with Gasteiger partial charge in [0.1, 0.15) is 0 Å². The SMILES string of the molecule is OBOc1c(Cl)ccc(Br)c1F. The lowest BCUT2D eigenvalue weighted by molar-refractivity contribution is 0.430. The van der Waals surface area contributed by atoms with Crippen molar-refractivity contribution in [2.24, 2.45) is 0 Å². The van der Waals surface area contributed by atoms with Crippen molar-refractivity contribution in [2.45, 2.75) is 0 Å². The fourth-order valence-electron chi connectivity index (χ4n) is 0.705. The first kappa shape index (κ1) is 9.83. The minimum absolute atomic E-state index is 0.129. The highest BCUT2D eigenvalue weighted by Crippen LogP contribution is 2.32. The molecule has 6 heteroatoms. The van der Waals surface area contributed by atoms with E-state index in [1.807, 2.05) is 0 Å². The van der Waals surface area contributed by atoms with E-state index in [9.17, 15) is 4.39 Å². The molecule has 0 aliphatic carbocycles. The van der Waals surface area contributed by atoms with Gasteiger partial charge in [0.25, 0.3) is 0 Å². The van der Waals surface area contributed by atoms with E-state index in [2.05, 4.69) is 20.6 Å². The topological polar surface area (TPSA) is 29.5 Å². The number of halogens is 3. The van der Waals surface area contributed by atoms with Gasteiger partial charge in [-0.3, -0.25) is 0 Å². The molecular weight excluding hydrogens is 249 g/mol. The van der Waals surface area contributed by atoms with Crippen LogP contribution >= 0.6 is 27.5 Å². The van der Waals surface area contributed by atoms with Crippen LogP contribution in [0.3, 0.4) is 0 Å². The van der Waals surface area contributed by atoms with Gasteiger partial charge in [-0.1, -0.05) is 11.6 Å². The molecule has 0 saturated carbocycles. The maximum atomic E-state index is 13.1. The Morgan fingerprint density at radius 1 is 1.58 bits per heavy atom. The van der Waals surface area contributed by atoms with Gasteiger partial charge < -0.3 is 9.68 Å². The van der Waals surface area contributed by atoms with Gasteiger partial charge in [-0.05, 0) is 28.1 Å². The summed E-state index contributed by atoms with van der Waals surface area (Å²) in [4.78, 5) is 0. The lowest BCUT2D eigenvalue weighted by atomic mass is 10.3. The van der Waals surface area contributed by atoms with E-state index in [-0.39, 0.29) is 15.2 Å². The van der Waals surface area contributed by atoms with Gasteiger partial charge in [0.05, 0.1) is 9.50 Å². The number of rotatable bonds is 2. The lowest BCUT2D eigenvalue weighted by Crippen LogP contribution is -2.02. The van der Waals surface area contributed by atoms with Gasteiger partial charge >= 0.3 is 7.69 Å². The molecule has 2 nitrogen and oxygen atoms in total. The maximum absolute atomic E-state index is 13.1. The predicted octanol–water partition coefficient (Wildman–Crippen LogP) is 1.88. The Morgan fingerprint density at radius 2 is 2.25 bits per heavy atom. The molecule has 0 aliphatic heterocycles. The van der Waals surface area contributed by atoms with Crippen LogP contribution < -0.4 is 4.65 Å². The van der Waals surface area contributed by atoms with Crippen molar-refractivity contribution >= 4 is 35.2 Å². The standard InChI is InChI=1S/C6H4BBrClFO2/c8-3-1-2-4(9)6(5(3)10)12-7-11/h1-2,7,11H. The van der Waals surface area contributed by atoms with Gasteiger partial charge in [-0.15, -0.1) is 0 Å². The zero-order chi connectivity index (χ0) is 9.14. The van der Waals surface area contributed by atoms with Crippen molar-refractivity contribution in [3.63, 3.8) is 0 Å². The van der Waals surface area contributed by atoms with Crippen LogP contribution in [0.1, 0.15) is 0 Å². The Morgan fingerprint density at radius 3 is 2.83 bits per heavy atom. The van der Waals surface area contributed by atoms with Gasteiger partial charge in [-0.25, -0.2) is 4.39 Å². The van der Waals surface area contributed by atoms with E-state index in [0.29, 0.717) is 0 Å². The summed E-state index contributed by atoms with van der Waals surface area (Å²) >= 11 is 8.54. The van der Waals surface area contributed by atoms with Crippen molar-refractivity contribution in [3.05, 3.63) is 27.4 Å². The van der Waals surface area contributed by atoms with Crippen molar-refractivity contribution in [3.8, 4) is 5.75 Å². The summed E-state index contributed by atoms with van der Waals surface area (Å²) in [7, 11) is -0.604. The summed E-state index contributed by atoms with van der Waals surface area (Å²) in [6, 6.07) is 2.93. The summed E-state index contributed by atoms with van der Waals surface area (Å²) in [6.07, 6.45) is 0. The highest BCUT2D eigenvalue weighted by atomic mass is 79.9. The molecule has 0 aliphatic rings. The predicted molar refractivity (Wildman–Crippen MR) is 49.1 cm³/mol. The molecule has 0 amide bonds. The van der Waals surface area contributed by atoms with Crippen molar-refractivity contribution < 1.29 is 14.1 Å². The molecular formula is C6H4BBrClFO2. The van der Waals surface area contributed by atoms with Crippen LogP contribution in [0.25, 0.3) is 0 Å². The van der Waals surface area contributed by atoms with E-state index in [4.69, 9.17) is 16.6 Å². The van der Waals surface area contributed by atoms with E-state index in [1.54, 1.807) is 0 Å². The van der Waals surface area contributed by atoms with Gasteiger partial charge in [-0.2, -0.15) is 0 Å². The first-order chi connectivity index (χ1) is 5.66. The van der Waals surface area contributed by atoms with Crippen LogP contribution in [0.15, 0.2) is 16.6 Å². The van der Waals surface area contributed by atoms with Crippen molar-refractivity contribution in [1.82, 2.24) is 0 Å². The van der Waals surface area contributed by atoms with Crippen LogP contribution in [-0.4, -0.2) is 12.7 Å². The summed E-state index contributed by atoms with van der Waals surface area (Å²) in [5.41, 5.74) is 0. The zero-order valence-corrected chi connectivity index (χ0v) is 8.19. The normalized spacial score (nSPS) is 9.67. The minimum atomic E-state index is -0.614. The molecule has 0 atom stereocenters. The van der Waals surface area contributed by atoms with Crippen LogP contribution in [0, 0.1) is 5.82 Å². The van der Waals surface area contributed by atoms with Gasteiger partial charge in [0.15, 0.2) is 11.6 Å². The largest absolute Gasteiger partial charge is 0.536 e. The smallest absolute Gasteiger partial charge is 0.504 e. The second-order valence-electron chi connectivity index (χ2n) is 1.95. The van der Waals surface area contributed by atoms with Crippen molar-refractivity contribution in [2.75, 3.05) is 0 Å². The second-order valence-corrected chi connectivity index (χ2v) is 3.21. The Labute approximate surface area is 82.7 Å². The van der Waals surface area contributed by atoms with Crippen LogP contribution in [0.5, 0.6) is 5.75 Å². The van der Waals surface area contributed by atoms with E-state index in [1.165, 1.54) is 12.1 Å². The second kappa shape index (κ2) is 4.12. The third kappa shape index (κ3) is 1.91. The maximum Gasteiger partial charge on any atom is 0.504 e. The van der Waals surface area contributed by atoms with E-state index >= 15 is 0 Å². The highest BCUT2D eigenvalue weighted by molar-refractivity contribution is 9.10. The van der Waals surface area contributed by atoms with Gasteiger partial charge in [0, 0.05) is 0 Å². The summed E-state index contributed by atoms with van der Waals surface area (Å²) in [6.45, 7) is 0. The Bertz CT molecular complexity index is 297. The molecule has 0 fully saturated rings. The molecule has 0 unspecified atom stereocenters. The monoisotopic (exact) mass is 252 g/mol. The molecule has 1 rings (SSSR count). The molecule has 1 aromatic carbocycles. The molecule has 0 spiro atoms. The Hall–Kier alpha value is -0.255. The van der Waals surface area contributed by atoms with Crippen LogP contribution in [0.2, 0.25) is 5.02 Å². The zero-order valence-electron chi connectivity index (χ0n) is 5.85. The highest BCUT2D eigenvalue weighted by Gasteiger charge is 2.11. The Kier molecular flexibility index (Phi) is 3.37. The van der Waals surface area contributed by atoms with E-state index in [0.717, 1.165) is 0 Å². The van der Waals surface area contributed by atoms with Crippen molar-refractivity contribution in [1.29, 1.82) is 0 Å². The molecule has 0 heterocycles. The molecule has 0 saturated heterocycles. The third-order valence-corrected chi connectivity index (χ3v) is 2.12. The molecule has 1 N–H and O–H groups in total. The molecule has 12 heavy (non-hydrogen) atoms. The number of hydrogen-bond acceptors (Lipinski definition) is 2. The number of benzene rings is 1. The molecule has 0 bridgehead atoms. The fourth-order valence-corrected chi connectivity index (χ4v) is 1.22.